The summed E-state index contributed by atoms with van der Waals surface area (Å²) in [5.74, 6) is 3.87. The Morgan fingerprint density at radius 1 is 0.226 bits per heavy atom. The highest BCUT2D eigenvalue weighted by Crippen LogP contribution is 2.44. The van der Waals surface area contributed by atoms with Gasteiger partial charge >= 0.3 is 0 Å². The predicted molar refractivity (Wildman–Crippen MR) is 473 cm³/mol. The number of nitrogens with zero attached hydrogens (tertiary/aromatic N) is 9. The smallest absolute Gasteiger partial charge is 0.164 e. The molecule has 0 unspecified atom stereocenters. The van der Waals surface area contributed by atoms with Gasteiger partial charge in [-0.2, -0.15) is 0 Å². The highest BCUT2D eigenvalue weighted by atomic mass is 79.9. The van der Waals surface area contributed by atoms with Crippen LogP contribution < -0.4 is 0 Å². The lowest BCUT2D eigenvalue weighted by Crippen LogP contribution is -2.01. The molecule has 0 radical (unpaired) electrons. The van der Waals surface area contributed by atoms with Crippen molar-refractivity contribution in [2.24, 2.45) is 0 Å². The normalized spacial score (nSPS) is 11.7. The number of aromatic nitrogens is 10. The number of hydrogen-bond acceptors (Lipinski definition) is 8. The number of para-hydroxylation sites is 6. The summed E-state index contributed by atoms with van der Waals surface area (Å²) in [6.45, 7) is 0. The minimum absolute atomic E-state index is 0.608. The van der Waals surface area contributed by atoms with Crippen LogP contribution in [0.4, 0.5) is 0 Å². The Balaban J connectivity index is 0.000000117. The first-order valence-electron chi connectivity index (χ1n) is 38.2. The van der Waals surface area contributed by atoms with Gasteiger partial charge in [-0.1, -0.05) is 283 Å². The van der Waals surface area contributed by atoms with Crippen molar-refractivity contribution in [1.29, 1.82) is 0 Å². The molecule has 0 bridgehead atoms. The van der Waals surface area contributed by atoms with E-state index in [2.05, 4.69) is 270 Å². The molecule has 24 rings (SSSR count). The molecule has 115 heavy (non-hydrogen) atoms. The van der Waals surface area contributed by atoms with E-state index in [0.717, 1.165) is 132 Å². The van der Waals surface area contributed by atoms with Gasteiger partial charge in [0.15, 0.2) is 46.1 Å². The average Bonchev–Trinajstić information content (AvgIpc) is 1.58. The highest BCUT2D eigenvalue weighted by Gasteiger charge is 2.24. The third-order valence-electron chi connectivity index (χ3n) is 21.9. The van der Waals surface area contributed by atoms with Crippen LogP contribution in [0.25, 0.3) is 216 Å². The van der Waals surface area contributed by atoms with Crippen LogP contribution in [0, 0.1) is 0 Å². The van der Waals surface area contributed by atoms with Crippen LogP contribution in [0.15, 0.2) is 389 Å². The number of fused-ring (bicyclic) bond motifs is 20. The van der Waals surface area contributed by atoms with Crippen molar-refractivity contribution in [3.8, 4) is 85.4 Å². The Bertz CT molecular complexity index is 7720. The Kier molecular flexibility index (Phi) is 16.1. The summed E-state index contributed by atoms with van der Waals surface area (Å²) in [6.07, 6.45) is 0. The molecule has 0 saturated carbocycles. The molecule has 24 aromatic rings. The van der Waals surface area contributed by atoms with E-state index in [1.54, 1.807) is 0 Å². The number of aromatic amines is 1. The topological polar surface area (TPSA) is 134 Å². The molecule has 0 aliphatic carbocycles. The first-order chi connectivity index (χ1) is 56.9. The van der Waals surface area contributed by atoms with Crippen molar-refractivity contribution < 1.29 is 8.83 Å². The summed E-state index contributed by atoms with van der Waals surface area (Å²) in [5, 5.41) is 14.1. The maximum absolute atomic E-state index is 7.00. The molecular weight excluding hydrogens is 1480 g/mol. The second-order valence-electron chi connectivity index (χ2n) is 28.7. The van der Waals surface area contributed by atoms with Gasteiger partial charge in [-0.25, -0.2) is 29.9 Å². The van der Waals surface area contributed by atoms with Crippen molar-refractivity contribution in [1.82, 2.24) is 48.6 Å². The van der Waals surface area contributed by atoms with Crippen LogP contribution >= 0.6 is 15.9 Å². The molecule has 0 aliphatic rings. The van der Waals surface area contributed by atoms with Crippen LogP contribution in [-0.2, 0) is 0 Å². The number of nitrogens with one attached hydrogen (secondary N) is 1. The minimum atomic E-state index is 0.608. The second kappa shape index (κ2) is 27.7. The van der Waals surface area contributed by atoms with Gasteiger partial charge in [-0.15, -0.1) is 0 Å². The summed E-state index contributed by atoms with van der Waals surface area (Å²) in [5.41, 5.74) is 21.3. The van der Waals surface area contributed by atoms with E-state index in [9.17, 15) is 0 Å². The molecule has 0 atom stereocenters. The lowest BCUT2D eigenvalue weighted by atomic mass is 10.1. The fourth-order valence-electron chi connectivity index (χ4n) is 16.6. The SMILES string of the molecule is Brc1cccc(-c2nc(-c3ccccc3)nc(-c3ccccc3)n2)c1.c1ccc(-c2nc(-c3ccccc3)nc(-c3cccc(-n4c5ccccc5c5ccc6c7ccc(-n8c9ccccc9c9ccccc98)cc7oc6c54)c3)n2)cc1.c1ccc2c(c1)[nH]c1c2ccc2c3ccc(-n4c5ccccc5c5ccccc54)cc3oc21. The van der Waals surface area contributed by atoms with Crippen molar-refractivity contribution >= 4 is 147 Å². The summed E-state index contributed by atoms with van der Waals surface area (Å²) in [4.78, 5) is 32.7. The van der Waals surface area contributed by atoms with E-state index in [0.29, 0.717) is 34.9 Å². The quantitative estimate of drug-likeness (QED) is 0.151. The number of hydrogen-bond donors (Lipinski definition) is 1. The molecule has 0 aliphatic heterocycles. The molecule has 8 aromatic heterocycles. The van der Waals surface area contributed by atoms with Gasteiger partial charge in [0.25, 0.3) is 0 Å². The third kappa shape index (κ3) is 11.6. The molecule has 12 nitrogen and oxygen atoms in total. The monoisotopic (exact) mass is 1540 g/mol. The Morgan fingerprint density at radius 3 is 1.00 bits per heavy atom. The maximum Gasteiger partial charge on any atom is 0.164 e. The van der Waals surface area contributed by atoms with Crippen LogP contribution in [0.1, 0.15) is 0 Å². The number of halogens is 1. The van der Waals surface area contributed by atoms with Crippen molar-refractivity contribution in [3.05, 3.63) is 381 Å². The van der Waals surface area contributed by atoms with Crippen LogP contribution in [0.5, 0.6) is 0 Å². The van der Waals surface area contributed by atoms with Gasteiger partial charge in [-0.05, 0) is 97.1 Å². The molecule has 0 fully saturated rings. The molecule has 1 N–H and O–H groups in total. The standard InChI is InChI=1S/C51H31N5O.C30H18N2O.C21H14BrN3/c1-3-14-32(15-4-1)49-52-50(33-16-5-2-6-17-33)54-51(53-49)34-18-13-19-35(30-34)56-45-25-12-9-22-39(45)41-28-29-42-40-27-26-36(31-46(40)57-48(42)47(41)56)55-43-23-10-7-20-37(43)38-21-8-11-24-44(38)55;1-4-10-25-19(7-1)23-15-16-24-22-14-13-18(17-28(22)33-30(24)29(23)31-25)32-26-11-5-2-8-20(26)21-9-3-6-12-27(21)32;22-18-13-7-12-17(14-18)21-24-19(15-8-3-1-4-9-15)23-20(25-21)16-10-5-2-6-11-16/h1-31H;1-17,31H;1-14H. The highest BCUT2D eigenvalue weighted by molar-refractivity contribution is 9.10. The van der Waals surface area contributed by atoms with E-state index in [4.69, 9.17) is 33.8 Å². The Morgan fingerprint density at radius 2 is 0.548 bits per heavy atom. The molecule has 540 valence electrons. The average molecular weight is 1540 g/mol. The van der Waals surface area contributed by atoms with E-state index < -0.39 is 0 Å². The summed E-state index contributed by atoms with van der Waals surface area (Å²) in [6, 6.07) is 130. The van der Waals surface area contributed by atoms with Gasteiger partial charge in [0.1, 0.15) is 11.2 Å². The van der Waals surface area contributed by atoms with Crippen molar-refractivity contribution in [2.45, 2.75) is 0 Å². The summed E-state index contributed by atoms with van der Waals surface area (Å²) >= 11 is 3.52. The predicted octanol–water partition coefficient (Wildman–Crippen LogP) is 26.9. The second-order valence-corrected chi connectivity index (χ2v) is 29.6. The zero-order chi connectivity index (χ0) is 76.0. The number of furan rings is 2. The van der Waals surface area contributed by atoms with Gasteiger partial charge in [-0.3, -0.25) is 0 Å². The van der Waals surface area contributed by atoms with Crippen molar-refractivity contribution in [3.63, 3.8) is 0 Å². The Hall–Kier alpha value is -15.2. The molecule has 8 heterocycles. The van der Waals surface area contributed by atoms with Crippen LogP contribution in [-0.4, -0.2) is 48.6 Å². The van der Waals surface area contributed by atoms with Gasteiger partial charge in [0.05, 0.1) is 38.6 Å². The third-order valence-corrected chi connectivity index (χ3v) is 22.4. The number of H-pyrrole nitrogens is 1. The first-order valence-corrected chi connectivity index (χ1v) is 39.0. The van der Waals surface area contributed by atoms with E-state index in [-0.39, 0.29) is 0 Å². The molecule has 0 amide bonds. The van der Waals surface area contributed by atoms with E-state index >= 15 is 0 Å². The molecule has 13 heteroatoms. The summed E-state index contributed by atoms with van der Waals surface area (Å²) < 4.78 is 21.5. The van der Waals surface area contributed by atoms with Gasteiger partial charge in [0, 0.05) is 137 Å². The molecule has 0 saturated heterocycles. The van der Waals surface area contributed by atoms with E-state index in [1.165, 1.54) is 54.4 Å². The zero-order valence-electron chi connectivity index (χ0n) is 61.5. The number of rotatable bonds is 9. The fourth-order valence-corrected chi connectivity index (χ4v) is 17.0. The van der Waals surface area contributed by atoms with Gasteiger partial charge in [0.2, 0.25) is 0 Å². The Labute approximate surface area is 665 Å². The van der Waals surface area contributed by atoms with Crippen molar-refractivity contribution in [2.75, 3.05) is 0 Å². The summed E-state index contributed by atoms with van der Waals surface area (Å²) in [7, 11) is 0. The minimum Gasteiger partial charge on any atom is -0.454 e. The first kappa shape index (κ1) is 66.8. The molecular formula is C102H63BrN10O2. The fraction of sp³-hybridized carbons (Fsp3) is 0. The molecule has 0 spiro atoms. The molecule has 16 aromatic carbocycles. The van der Waals surface area contributed by atoms with Crippen LogP contribution in [0.3, 0.4) is 0 Å². The largest absolute Gasteiger partial charge is 0.454 e. The van der Waals surface area contributed by atoms with Crippen LogP contribution in [0.2, 0.25) is 0 Å². The number of benzene rings is 16. The van der Waals surface area contributed by atoms with Gasteiger partial charge < -0.3 is 27.5 Å². The van der Waals surface area contributed by atoms with E-state index in [1.807, 2.05) is 146 Å². The zero-order valence-corrected chi connectivity index (χ0v) is 63.1. The maximum atomic E-state index is 7.00. The lowest BCUT2D eigenvalue weighted by Gasteiger charge is -2.11. The lowest BCUT2D eigenvalue weighted by molar-refractivity contribution is 0.670.